The van der Waals surface area contributed by atoms with Crippen LogP contribution in [0.5, 0.6) is 0 Å². The Morgan fingerprint density at radius 3 is 2.58 bits per heavy atom. The molecule has 0 saturated carbocycles. The van der Waals surface area contributed by atoms with Crippen molar-refractivity contribution in [1.29, 1.82) is 0 Å². The summed E-state index contributed by atoms with van der Waals surface area (Å²) in [5.41, 5.74) is 0.625. The Morgan fingerprint density at radius 1 is 1.21 bits per heavy atom. The number of Topliss-reactive ketones (excluding diaryl/α,β-unsaturated/α-hetero) is 1. The van der Waals surface area contributed by atoms with Gasteiger partial charge in [0.15, 0.2) is 0 Å². The van der Waals surface area contributed by atoms with Gasteiger partial charge in [0.1, 0.15) is 11.4 Å². The number of rotatable bonds is 4. The van der Waals surface area contributed by atoms with E-state index in [1.54, 1.807) is 24.3 Å². The van der Waals surface area contributed by atoms with E-state index in [4.69, 9.17) is 0 Å². The second-order valence-corrected chi connectivity index (χ2v) is 7.13. The van der Waals surface area contributed by atoms with E-state index in [0.29, 0.717) is 10.6 Å². The first-order chi connectivity index (χ1) is 11.5. The number of allylic oxidation sites excluding steroid dienone is 2. The summed E-state index contributed by atoms with van der Waals surface area (Å²) in [5.74, 6) is -1.23. The second kappa shape index (κ2) is 6.45. The molecular weight excluding hydrogens is 326 g/mol. The predicted octanol–water partition coefficient (Wildman–Crippen LogP) is 3.07. The number of aromatic amines is 1. The summed E-state index contributed by atoms with van der Waals surface area (Å²) < 4.78 is 0. The van der Waals surface area contributed by atoms with Gasteiger partial charge in [0.05, 0.1) is 10.5 Å². The fourth-order valence-corrected chi connectivity index (χ4v) is 3.23. The molecule has 0 saturated heterocycles. The van der Waals surface area contributed by atoms with E-state index in [-0.39, 0.29) is 33.8 Å². The molecular formula is C17H15N3O3S. The number of ketones is 2. The number of H-pyrrole nitrogens is 1. The largest absolute Gasteiger partial charge is 0.321 e. The molecule has 2 N–H and O–H groups in total. The highest BCUT2D eigenvalue weighted by Crippen LogP contribution is 2.31. The molecule has 7 heteroatoms. The summed E-state index contributed by atoms with van der Waals surface area (Å²) in [6.45, 7) is 3.86. The second-order valence-electron chi connectivity index (χ2n) is 5.51. The average molecular weight is 341 g/mol. The Bertz CT molecular complexity index is 853. The lowest BCUT2D eigenvalue weighted by Crippen LogP contribution is -2.21. The van der Waals surface area contributed by atoms with Crippen LogP contribution >= 0.6 is 11.8 Å². The zero-order valence-corrected chi connectivity index (χ0v) is 13.9. The minimum absolute atomic E-state index is 0.00200. The van der Waals surface area contributed by atoms with Crippen LogP contribution in [0.25, 0.3) is 0 Å². The van der Waals surface area contributed by atoms with Gasteiger partial charge in [-0.25, -0.2) is 0 Å². The number of carbonyl (C=O) groups is 3. The van der Waals surface area contributed by atoms with E-state index < -0.39 is 5.91 Å². The average Bonchev–Trinajstić information content (AvgIpc) is 2.98. The number of nitrogens with one attached hydrogen (secondary N) is 2. The maximum Gasteiger partial charge on any atom is 0.274 e. The molecule has 0 atom stereocenters. The summed E-state index contributed by atoms with van der Waals surface area (Å²) in [4.78, 5) is 37.6. The topological polar surface area (TPSA) is 91.9 Å². The van der Waals surface area contributed by atoms with Crippen LogP contribution in [0.4, 0.5) is 5.69 Å². The van der Waals surface area contributed by atoms with Crippen molar-refractivity contribution in [2.45, 2.75) is 19.1 Å². The molecule has 0 aliphatic heterocycles. The molecule has 0 spiro atoms. The fourth-order valence-electron chi connectivity index (χ4n) is 2.34. The lowest BCUT2D eigenvalue weighted by atomic mass is 9.99. The van der Waals surface area contributed by atoms with Crippen LogP contribution in [0.1, 0.15) is 45.2 Å². The molecule has 6 nitrogen and oxygen atoms in total. The van der Waals surface area contributed by atoms with Gasteiger partial charge in [-0.3, -0.25) is 19.5 Å². The Labute approximate surface area is 142 Å². The summed E-state index contributed by atoms with van der Waals surface area (Å²) in [6.07, 6.45) is 1.29. The third-order valence-electron chi connectivity index (χ3n) is 3.33. The zero-order chi connectivity index (χ0) is 17.3. The first kappa shape index (κ1) is 16.2. The van der Waals surface area contributed by atoms with E-state index in [1.165, 1.54) is 17.8 Å². The number of hydrogen-bond acceptors (Lipinski definition) is 5. The highest BCUT2D eigenvalue weighted by molar-refractivity contribution is 8.04. The molecule has 3 rings (SSSR count). The van der Waals surface area contributed by atoms with Crippen LogP contribution in [-0.2, 0) is 0 Å². The molecule has 1 aliphatic carbocycles. The molecule has 1 amide bonds. The zero-order valence-electron chi connectivity index (χ0n) is 13.1. The number of amides is 1. The van der Waals surface area contributed by atoms with Crippen molar-refractivity contribution in [3.63, 3.8) is 0 Å². The van der Waals surface area contributed by atoms with Crippen LogP contribution in [0.3, 0.4) is 0 Å². The van der Waals surface area contributed by atoms with Crippen LogP contribution in [0.15, 0.2) is 41.3 Å². The smallest absolute Gasteiger partial charge is 0.274 e. The van der Waals surface area contributed by atoms with E-state index in [2.05, 4.69) is 15.5 Å². The number of thioether (sulfide) groups is 1. The number of hydrogen-bond donors (Lipinski definition) is 2. The Morgan fingerprint density at radius 2 is 1.92 bits per heavy atom. The molecule has 0 unspecified atom stereocenters. The Hall–Kier alpha value is -2.67. The first-order valence-corrected chi connectivity index (χ1v) is 8.27. The molecule has 1 heterocycles. The maximum atomic E-state index is 12.7. The lowest BCUT2D eigenvalue weighted by molar-refractivity contribution is 0.0979. The normalized spacial score (nSPS) is 13.7. The Balaban J connectivity index is 1.93. The number of aromatic nitrogens is 2. The van der Waals surface area contributed by atoms with Crippen LogP contribution < -0.4 is 5.32 Å². The monoisotopic (exact) mass is 341 g/mol. The third-order valence-corrected chi connectivity index (χ3v) is 4.36. The van der Waals surface area contributed by atoms with E-state index in [9.17, 15) is 14.4 Å². The van der Waals surface area contributed by atoms with Crippen LogP contribution in [-0.4, -0.2) is 32.9 Å². The van der Waals surface area contributed by atoms with Gasteiger partial charge in [0.2, 0.25) is 11.6 Å². The highest BCUT2D eigenvalue weighted by atomic mass is 32.2. The molecule has 1 aromatic heterocycles. The van der Waals surface area contributed by atoms with Gasteiger partial charge in [0.25, 0.3) is 5.91 Å². The third kappa shape index (κ3) is 3.03. The number of nitrogens with zero attached hydrogens (tertiary/aromatic N) is 1. The lowest BCUT2D eigenvalue weighted by Gasteiger charge is -2.13. The molecule has 0 bridgehead atoms. The van der Waals surface area contributed by atoms with Crippen molar-refractivity contribution in [2.75, 3.05) is 5.32 Å². The predicted molar refractivity (Wildman–Crippen MR) is 92.5 cm³/mol. The van der Waals surface area contributed by atoms with Gasteiger partial charge in [0, 0.05) is 17.0 Å². The number of benzene rings is 1. The van der Waals surface area contributed by atoms with Crippen molar-refractivity contribution in [3.8, 4) is 0 Å². The standard InChI is InChI=1S/C17H15N3O3S/c1-9(2)24-12-8-11(21)14-13(16(12)22)15(20-19-14)17(23)18-10-6-4-3-5-7-10/h3-9H,1-2H3,(H,18,23)(H,19,20). The van der Waals surface area contributed by atoms with Crippen molar-refractivity contribution >= 4 is 34.9 Å². The molecule has 24 heavy (non-hydrogen) atoms. The quantitative estimate of drug-likeness (QED) is 0.892. The molecule has 122 valence electrons. The van der Waals surface area contributed by atoms with Gasteiger partial charge < -0.3 is 5.32 Å². The molecule has 1 aromatic carbocycles. The van der Waals surface area contributed by atoms with Gasteiger partial charge >= 0.3 is 0 Å². The summed E-state index contributed by atoms with van der Waals surface area (Å²) in [6, 6.07) is 8.86. The van der Waals surface area contributed by atoms with Crippen molar-refractivity contribution in [3.05, 3.63) is 58.3 Å². The fraction of sp³-hybridized carbons (Fsp3) is 0.176. The van der Waals surface area contributed by atoms with Gasteiger partial charge in [-0.05, 0) is 12.1 Å². The van der Waals surface area contributed by atoms with Crippen molar-refractivity contribution in [1.82, 2.24) is 10.2 Å². The summed E-state index contributed by atoms with van der Waals surface area (Å²) in [5, 5.41) is 9.21. The van der Waals surface area contributed by atoms with E-state index in [0.717, 1.165) is 0 Å². The number of anilines is 1. The minimum Gasteiger partial charge on any atom is -0.321 e. The number of carbonyl (C=O) groups excluding carboxylic acids is 3. The van der Waals surface area contributed by atoms with Gasteiger partial charge in [-0.1, -0.05) is 32.0 Å². The van der Waals surface area contributed by atoms with E-state index >= 15 is 0 Å². The molecule has 2 aromatic rings. The van der Waals surface area contributed by atoms with E-state index in [1.807, 2.05) is 19.9 Å². The van der Waals surface area contributed by atoms with Gasteiger partial charge in [-0.2, -0.15) is 5.10 Å². The number of fused-ring (bicyclic) bond motifs is 1. The van der Waals surface area contributed by atoms with Crippen molar-refractivity contribution in [2.24, 2.45) is 0 Å². The van der Waals surface area contributed by atoms with Crippen molar-refractivity contribution < 1.29 is 14.4 Å². The molecule has 0 fully saturated rings. The van der Waals surface area contributed by atoms with Crippen LogP contribution in [0, 0.1) is 0 Å². The molecule has 1 aliphatic rings. The summed E-state index contributed by atoms with van der Waals surface area (Å²) in [7, 11) is 0. The number of para-hydroxylation sites is 1. The van der Waals surface area contributed by atoms with Crippen LogP contribution in [0.2, 0.25) is 0 Å². The summed E-state index contributed by atoms with van der Waals surface area (Å²) >= 11 is 1.30. The molecule has 0 radical (unpaired) electrons. The minimum atomic E-state index is -0.508. The Kier molecular flexibility index (Phi) is 4.35. The van der Waals surface area contributed by atoms with Gasteiger partial charge in [-0.15, -0.1) is 11.8 Å². The maximum absolute atomic E-state index is 12.7. The first-order valence-electron chi connectivity index (χ1n) is 7.39. The SMILES string of the molecule is CC(C)SC1=CC(=O)c2n[nH]c(C(=O)Nc3ccccc3)c2C1=O. The highest BCUT2D eigenvalue weighted by Gasteiger charge is 2.34.